The number of hydrazine groups is 1. The van der Waals surface area contributed by atoms with Gasteiger partial charge in [-0.05, 0) is 30.4 Å². The van der Waals surface area contributed by atoms with Gasteiger partial charge in [-0.25, -0.2) is 0 Å². The lowest BCUT2D eigenvalue weighted by Gasteiger charge is -2.13. The molecular weight excluding hydrogens is 298 g/mol. The van der Waals surface area contributed by atoms with Crippen LogP contribution in [0.5, 0.6) is 5.75 Å². The van der Waals surface area contributed by atoms with Crippen molar-refractivity contribution in [3.63, 3.8) is 0 Å². The van der Waals surface area contributed by atoms with E-state index in [1.54, 1.807) is 6.07 Å². The van der Waals surface area contributed by atoms with Crippen LogP contribution in [-0.2, 0) is 14.4 Å². The highest BCUT2D eigenvalue weighted by Gasteiger charge is 2.26. The van der Waals surface area contributed by atoms with Gasteiger partial charge in [0.25, 0.3) is 5.91 Å². The number of hydrogen-bond acceptors (Lipinski definition) is 4. The van der Waals surface area contributed by atoms with Crippen LogP contribution in [0, 0.1) is 0 Å². The molecule has 1 saturated carbocycles. The Balaban J connectivity index is 1.74. The molecule has 23 heavy (non-hydrogen) atoms. The van der Waals surface area contributed by atoms with Crippen LogP contribution in [0.15, 0.2) is 24.3 Å². The van der Waals surface area contributed by atoms with E-state index in [0.717, 1.165) is 18.4 Å². The zero-order valence-electron chi connectivity index (χ0n) is 13.2. The van der Waals surface area contributed by atoms with Gasteiger partial charge in [-0.15, -0.1) is 0 Å². The molecule has 2 rings (SSSR count). The highest BCUT2D eigenvalue weighted by molar-refractivity contribution is 6.35. The van der Waals surface area contributed by atoms with Gasteiger partial charge in [-0.2, -0.15) is 0 Å². The van der Waals surface area contributed by atoms with E-state index in [4.69, 9.17) is 4.74 Å². The summed E-state index contributed by atoms with van der Waals surface area (Å²) in [5.41, 5.74) is 5.20. The molecule has 0 bridgehead atoms. The number of para-hydroxylation sites is 1. The first-order valence-corrected chi connectivity index (χ1v) is 7.58. The van der Waals surface area contributed by atoms with Crippen molar-refractivity contribution in [1.82, 2.24) is 16.2 Å². The minimum absolute atomic E-state index is 0.0832. The van der Waals surface area contributed by atoms with Crippen LogP contribution in [0.3, 0.4) is 0 Å². The van der Waals surface area contributed by atoms with E-state index >= 15 is 0 Å². The van der Waals surface area contributed by atoms with E-state index in [9.17, 15) is 14.4 Å². The lowest BCUT2D eigenvalue weighted by atomic mass is 10.0. The summed E-state index contributed by atoms with van der Waals surface area (Å²) < 4.78 is 5.46. The number of carbonyl (C=O) groups is 3. The summed E-state index contributed by atoms with van der Waals surface area (Å²) in [5.74, 6) is -1.31. The number of nitrogens with one attached hydrogen (secondary N) is 3. The number of carbonyl (C=O) groups excluding carboxylic acids is 3. The van der Waals surface area contributed by atoms with Gasteiger partial charge in [0.1, 0.15) is 5.75 Å². The molecule has 0 unspecified atom stereocenters. The van der Waals surface area contributed by atoms with E-state index in [1.165, 1.54) is 0 Å². The highest BCUT2D eigenvalue weighted by Crippen LogP contribution is 2.25. The Morgan fingerprint density at radius 3 is 2.48 bits per heavy atom. The number of amides is 3. The average molecular weight is 319 g/mol. The fourth-order valence-electron chi connectivity index (χ4n) is 1.93. The topological polar surface area (TPSA) is 96.5 Å². The Bertz CT molecular complexity index is 597. The number of hydrogen-bond donors (Lipinski definition) is 3. The molecule has 0 heterocycles. The molecule has 1 aliphatic rings. The summed E-state index contributed by atoms with van der Waals surface area (Å²) in [6.45, 7) is 3.80. The molecule has 0 radical (unpaired) electrons. The zero-order valence-corrected chi connectivity index (χ0v) is 13.2. The molecule has 1 fully saturated rings. The lowest BCUT2D eigenvalue weighted by molar-refractivity contribution is -0.141. The first-order chi connectivity index (χ1) is 11.0. The second kappa shape index (κ2) is 7.62. The van der Waals surface area contributed by atoms with Gasteiger partial charge < -0.3 is 10.1 Å². The predicted molar refractivity (Wildman–Crippen MR) is 83.5 cm³/mol. The molecule has 1 aliphatic carbocycles. The fourth-order valence-corrected chi connectivity index (χ4v) is 1.93. The monoisotopic (exact) mass is 319 g/mol. The lowest BCUT2D eigenvalue weighted by Crippen LogP contribution is -2.50. The Morgan fingerprint density at radius 1 is 1.13 bits per heavy atom. The van der Waals surface area contributed by atoms with E-state index < -0.39 is 17.7 Å². The van der Waals surface area contributed by atoms with E-state index in [-0.39, 0.29) is 18.6 Å². The standard InChI is InChI=1S/C16H21N3O4/c1-10(2)12-5-3-4-6-13(12)23-9-14(20)18-19-16(22)15(21)17-11-7-8-11/h3-6,10-11H,7-9H2,1-2H3,(H,17,21)(H,18,20)(H,19,22). The van der Waals surface area contributed by atoms with Crippen molar-refractivity contribution in [3.05, 3.63) is 29.8 Å². The van der Waals surface area contributed by atoms with Gasteiger partial charge in [0.05, 0.1) is 0 Å². The van der Waals surface area contributed by atoms with Crippen molar-refractivity contribution in [2.75, 3.05) is 6.61 Å². The van der Waals surface area contributed by atoms with Crippen LogP contribution in [-0.4, -0.2) is 30.4 Å². The molecule has 124 valence electrons. The molecular formula is C16H21N3O4. The number of ether oxygens (including phenoxy) is 1. The van der Waals surface area contributed by atoms with Crippen LogP contribution in [0.2, 0.25) is 0 Å². The quantitative estimate of drug-likeness (QED) is 0.547. The van der Waals surface area contributed by atoms with Gasteiger partial charge >= 0.3 is 11.8 Å². The predicted octanol–water partition coefficient (Wildman–Crippen LogP) is 0.615. The number of benzene rings is 1. The van der Waals surface area contributed by atoms with Crippen molar-refractivity contribution in [2.24, 2.45) is 0 Å². The second-order valence-electron chi connectivity index (χ2n) is 5.73. The van der Waals surface area contributed by atoms with Gasteiger partial charge in [0, 0.05) is 6.04 Å². The Morgan fingerprint density at radius 2 is 1.83 bits per heavy atom. The van der Waals surface area contributed by atoms with E-state index in [1.807, 2.05) is 32.0 Å². The second-order valence-corrected chi connectivity index (χ2v) is 5.73. The first-order valence-electron chi connectivity index (χ1n) is 7.58. The molecule has 7 nitrogen and oxygen atoms in total. The minimum atomic E-state index is -0.896. The maximum absolute atomic E-state index is 11.7. The minimum Gasteiger partial charge on any atom is -0.483 e. The highest BCUT2D eigenvalue weighted by atomic mass is 16.5. The summed E-state index contributed by atoms with van der Waals surface area (Å²) in [7, 11) is 0. The van der Waals surface area contributed by atoms with Crippen molar-refractivity contribution >= 4 is 17.7 Å². The fraction of sp³-hybridized carbons (Fsp3) is 0.438. The van der Waals surface area contributed by atoms with Crippen molar-refractivity contribution in [2.45, 2.75) is 38.6 Å². The molecule has 1 aromatic rings. The first kappa shape index (κ1) is 16.8. The SMILES string of the molecule is CC(C)c1ccccc1OCC(=O)NNC(=O)C(=O)NC1CC1. The summed E-state index contributed by atoms with van der Waals surface area (Å²) in [6.07, 6.45) is 1.77. The van der Waals surface area contributed by atoms with Crippen LogP contribution in [0.1, 0.15) is 38.2 Å². The van der Waals surface area contributed by atoms with Gasteiger partial charge in [-0.1, -0.05) is 32.0 Å². The third kappa shape index (κ3) is 5.28. The Hall–Kier alpha value is -2.57. The van der Waals surface area contributed by atoms with Gasteiger partial charge in [0.2, 0.25) is 0 Å². The summed E-state index contributed by atoms with van der Waals surface area (Å²) in [6, 6.07) is 7.52. The smallest absolute Gasteiger partial charge is 0.327 e. The van der Waals surface area contributed by atoms with Crippen molar-refractivity contribution in [1.29, 1.82) is 0 Å². The summed E-state index contributed by atoms with van der Waals surface area (Å²) in [4.78, 5) is 34.5. The molecule has 0 spiro atoms. The molecule has 3 amide bonds. The van der Waals surface area contributed by atoms with Gasteiger partial charge in [0.15, 0.2) is 6.61 Å². The van der Waals surface area contributed by atoms with Crippen LogP contribution >= 0.6 is 0 Å². The average Bonchev–Trinajstić information content (AvgIpc) is 3.34. The molecule has 0 saturated heterocycles. The summed E-state index contributed by atoms with van der Waals surface area (Å²) in [5, 5.41) is 2.52. The molecule has 3 N–H and O–H groups in total. The third-order valence-corrected chi connectivity index (χ3v) is 3.33. The molecule has 0 aromatic heterocycles. The van der Waals surface area contributed by atoms with Crippen LogP contribution in [0.25, 0.3) is 0 Å². The maximum atomic E-state index is 11.7. The van der Waals surface area contributed by atoms with Crippen LogP contribution in [0.4, 0.5) is 0 Å². The van der Waals surface area contributed by atoms with Crippen molar-refractivity contribution < 1.29 is 19.1 Å². The summed E-state index contributed by atoms with van der Waals surface area (Å²) >= 11 is 0. The molecule has 1 aromatic carbocycles. The largest absolute Gasteiger partial charge is 0.483 e. The Kier molecular flexibility index (Phi) is 5.56. The van der Waals surface area contributed by atoms with Crippen molar-refractivity contribution in [3.8, 4) is 5.75 Å². The van der Waals surface area contributed by atoms with E-state index in [0.29, 0.717) is 5.75 Å². The third-order valence-electron chi connectivity index (χ3n) is 3.33. The molecule has 7 heteroatoms. The molecule has 0 atom stereocenters. The molecule has 0 aliphatic heterocycles. The number of rotatable bonds is 5. The maximum Gasteiger partial charge on any atom is 0.327 e. The van der Waals surface area contributed by atoms with Gasteiger partial charge in [-0.3, -0.25) is 25.2 Å². The normalized spacial score (nSPS) is 13.3. The zero-order chi connectivity index (χ0) is 16.8. The van der Waals surface area contributed by atoms with E-state index in [2.05, 4.69) is 16.2 Å². The van der Waals surface area contributed by atoms with Crippen LogP contribution < -0.4 is 20.9 Å². The Labute approximate surface area is 134 Å².